The number of ketones is 2. The third kappa shape index (κ3) is 16.7. The van der Waals surface area contributed by atoms with Gasteiger partial charge in [0.05, 0.1) is 60.7 Å². The van der Waals surface area contributed by atoms with Crippen LogP contribution in [0.1, 0.15) is 141 Å². The van der Waals surface area contributed by atoms with E-state index in [-0.39, 0.29) is 60.4 Å². The number of epoxide rings is 1. The second kappa shape index (κ2) is 31.6. The number of ether oxygens (including phenoxy) is 6. The lowest BCUT2D eigenvalue weighted by Crippen LogP contribution is -2.66. The number of Topliss-reactive ketones (excluding diaryl/α,β-unsaturated/α-hetero) is 2. The Labute approximate surface area is 583 Å². The molecule has 2 saturated carbocycles. The summed E-state index contributed by atoms with van der Waals surface area (Å²) in [4.78, 5) is 185. The van der Waals surface area contributed by atoms with E-state index in [4.69, 9.17) is 39.9 Å². The van der Waals surface area contributed by atoms with Crippen molar-refractivity contribution in [1.82, 2.24) is 40.8 Å². The van der Waals surface area contributed by atoms with Crippen LogP contribution in [0.3, 0.4) is 0 Å². The number of aromatic nitrogens is 4. The lowest BCUT2D eigenvalue weighted by molar-refractivity contribution is -0.288. The standard InChI is InChI=1S/C67H87N11O22S/c1-8-65-25-45(98-51(86)19-32(2)3)33(4)20-47(65)99-55-53(54(97-34(5)79)64(65,6)67(55)31-96-67)100-66(95-7)17-15-39(16-18-66)72-48(82)29-78-49(83)24-46(60(78)90)101-30-37(61(91)92)22-44(81)43(23-50(84)85)75-58(88)36(26-68)21-41(80)13-14-42(62(93)94)74-57(87)35-9-11-38(12-10-35)70-27-40-28-71-56-52(73-40)59(89)77-63(69)76-56/h9-12,20,28,32,36-37,39,42-43,45-47,53-55,70H,8,13-19,21-27,29-31,68H2,1-7H3,(H,72,82)(H,74,87)(H,75,88)(H,84,85)(H,91,92)(H,93,94)(H3,69,71,76,77,89)/t36-,37+,39?,42+,43+,45-,46?,47+,53+,54+,55+,64+,65-,66?,67-/m0/s1. The van der Waals surface area contributed by atoms with Crippen LogP contribution < -0.4 is 38.3 Å². The number of H-pyrrole nitrogens is 1. The number of aliphatic carboxylic acids is 3. The third-order valence-corrected chi connectivity index (χ3v) is 21.7. The molecule has 5 fully saturated rings. The number of nitrogen functional groups attached to an aromatic ring is 1. The van der Waals surface area contributed by atoms with Gasteiger partial charge in [0.1, 0.15) is 48.4 Å². The van der Waals surface area contributed by atoms with Gasteiger partial charge in [-0.1, -0.05) is 33.8 Å². The molecule has 3 saturated heterocycles. The van der Waals surface area contributed by atoms with Crippen LogP contribution in [0.25, 0.3) is 11.2 Å². The van der Waals surface area contributed by atoms with Crippen molar-refractivity contribution in [3.63, 3.8) is 0 Å². The summed E-state index contributed by atoms with van der Waals surface area (Å²) in [7, 11) is 1.50. The van der Waals surface area contributed by atoms with Gasteiger partial charge in [0, 0.05) is 99.4 Å². The fourth-order valence-electron chi connectivity index (χ4n) is 14.7. The molecule has 0 radical (unpaired) electrons. The maximum absolute atomic E-state index is 13.7. The molecule has 9 rings (SSSR count). The number of carboxylic acid groups (broad SMARTS) is 3. The Morgan fingerprint density at radius 3 is 2.23 bits per heavy atom. The Balaban J connectivity index is 0.728. The van der Waals surface area contributed by atoms with Crippen LogP contribution >= 0.6 is 11.8 Å². The van der Waals surface area contributed by atoms with Gasteiger partial charge in [0.15, 0.2) is 22.7 Å². The monoisotopic (exact) mass is 1430 g/mol. The molecule has 101 heavy (non-hydrogen) atoms. The zero-order valence-corrected chi connectivity index (χ0v) is 57.9. The molecule has 5 heterocycles. The quantitative estimate of drug-likeness (QED) is 0.0134. The van der Waals surface area contributed by atoms with E-state index in [0.29, 0.717) is 43.7 Å². The normalized spacial score (nSPS) is 27.7. The number of amides is 5. The number of fused-ring (bicyclic) bond motifs is 3. The molecule has 3 aliphatic heterocycles. The van der Waals surface area contributed by atoms with Gasteiger partial charge in [-0.3, -0.25) is 67.4 Å². The molecule has 548 valence electrons. The Morgan fingerprint density at radius 1 is 0.911 bits per heavy atom. The van der Waals surface area contributed by atoms with E-state index in [2.05, 4.69) is 41.2 Å². The number of imide groups is 1. The topological polar surface area (TPSA) is 499 Å². The lowest BCUT2D eigenvalue weighted by Gasteiger charge is -2.59. The summed E-state index contributed by atoms with van der Waals surface area (Å²) in [6.45, 7) is 10.5. The average Bonchev–Trinajstić information content (AvgIpc) is 1.47. The van der Waals surface area contributed by atoms with Crippen molar-refractivity contribution in [2.24, 2.45) is 34.3 Å². The number of thioether (sulfide) groups is 1. The second-order valence-electron chi connectivity index (χ2n) is 27.3. The van der Waals surface area contributed by atoms with Gasteiger partial charge in [-0.05, 0) is 74.8 Å². The van der Waals surface area contributed by atoms with Crippen molar-refractivity contribution < 1.29 is 101 Å². The molecule has 6 aliphatic rings. The summed E-state index contributed by atoms with van der Waals surface area (Å²) >= 11 is 0.741. The summed E-state index contributed by atoms with van der Waals surface area (Å²) < 4.78 is 39.1. The number of anilines is 2. The number of nitrogens with two attached hydrogens (primary N) is 2. The third-order valence-electron chi connectivity index (χ3n) is 20.3. The van der Waals surface area contributed by atoms with Crippen molar-refractivity contribution in [2.75, 3.05) is 43.6 Å². The number of hydrogen-bond donors (Lipinski definition) is 10. The first-order chi connectivity index (χ1) is 47.8. The first-order valence-electron chi connectivity index (χ1n) is 33.5. The van der Waals surface area contributed by atoms with Gasteiger partial charge in [-0.15, -0.1) is 11.8 Å². The number of nitrogens with zero attached hydrogens (tertiary/aromatic N) is 4. The zero-order valence-electron chi connectivity index (χ0n) is 57.1. The predicted octanol–water partition coefficient (Wildman–Crippen LogP) is 1.86. The van der Waals surface area contributed by atoms with Crippen molar-refractivity contribution >= 4 is 106 Å². The Bertz CT molecular complexity index is 3820. The molecule has 1 aromatic carbocycles. The Hall–Kier alpha value is -8.83. The number of hydrogen-bond acceptors (Lipinski definition) is 26. The second-order valence-corrected chi connectivity index (χ2v) is 28.6. The van der Waals surface area contributed by atoms with Crippen LogP contribution in [0.4, 0.5) is 11.6 Å². The molecule has 1 spiro atoms. The number of rotatable bonds is 34. The van der Waals surface area contributed by atoms with Gasteiger partial charge >= 0.3 is 29.8 Å². The number of carbonyl (C=O) groups excluding carboxylic acids is 9. The van der Waals surface area contributed by atoms with Crippen LogP contribution in [0.15, 0.2) is 46.9 Å². The van der Waals surface area contributed by atoms with E-state index in [1.807, 2.05) is 40.7 Å². The molecule has 3 aromatic rings. The summed E-state index contributed by atoms with van der Waals surface area (Å²) in [5.74, 6) is -15.8. The minimum Gasteiger partial charge on any atom is -0.481 e. The maximum Gasteiger partial charge on any atom is 0.326 e. The fourth-order valence-corrected chi connectivity index (χ4v) is 16.0. The van der Waals surface area contributed by atoms with Crippen LogP contribution in [0, 0.1) is 28.6 Å². The predicted molar refractivity (Wildman–Crippen MR) is 355 cm³/mol. The number of methoxy groups -OCH3 is 1. The lowest BCUT2D eigenvalue weighted by atomic mass is 9.49. The molecule has 5 amide bonds. The molecule has 2 aromatic heterocycles. The van der Waals surface area contributed by atoms with Crippen molar-refractivity contribution in [3.8, 4) is 0 Å². The molecule has 33 nitrogen and oxygen atoms in total. The molecule has 3 aliphatic carbocycles. The molecular weight excluding hydrogens is 1340 g/mol. The van der Waals surface area contributed by atoms with Crippen molar-refractivity contribution in [1.29, 1.82) is 0 Å². The van der Waals surface area contributed by atoms with E-state index in [1.165, 1.54) is 44.5 Å². The molecule has 2 bridgehead atoms. The van der Waals surface area contributed by atoms with Crippen LogP contribution in [-0.4, -0.2) is 209 Å². The van der Waals surface area contributed by atoms with Gasteiger partial charge in [0.25, 0.3) is 11.5 Å². The smallest absolute Gasteiger partial charge is 0.326 e. The number of aromatic amines is 1. The first kappa shape index (κ1) is 76.4. The van der Waals surface area contributed by atoms with Crippen LogP contribution in [0.5, 0.6) is 0 Å². The van der Waals surface area contributed by atoms with Crippen molar-refractivity contribution in [3.05, 3.63) is 63.7 Å². The summed E-state index contributed by atoms with van der Waals surface area (Å²) in [6.07, 6.45) is -1.53. The number of likely N-dealkylation sites (tertiary alicyclic amines) is 1. The number of esters is 2. The minimum atomic E-state index is -1.82. The van der Waals surface area contributed by atoms with Crippen molar-refractivity contribution in [2.45, 2.75) is 197 Å². The molecule has 12 N–H and O–H groups in total. The SMILES string of the molecule is CC[C@]12C[C@H](OC(=O)CC(C)C)C(C)=C[C@H]1O[C@@H]1[C@H](OC3(OC)CCC(NC(=O)CN4C(=O)CC(SC[C@@H](CC(=O)[C@@H](CC(=O)O)NC(=O)[C@H](CN)CC(=O)CC[C@@H](NC(=O)c5ccc(NCc6cnc7nc(N)[nH]c(=O)c7n6)cc5)C(=O)O)C(=O)O)C4=O)CC3)[C@@H](OC(C)=O)[C@@]2(C)[C@]12CO2. The number of benzene rings is 1. The van der Waals surface area contributed by atoms with E-state index >= 15 is 0 Å². The zero-order chi connectivity index (χ0) is 73.6. The van der Waals surface area contributed by atoms with E-state index in [0.717, 1.165) is 22.2 Å². The summed E-state index contributed by atoms with van der Waals surface area (Å²) in [5.41, 5.74) is 10.1. The highest BCUT2D eigenvalue weighted by atomic mass is 32.2. The molecule has 13 atom stereocenters. The average molecular weight is 1430 g/mol. The maximum atomic E-state index is 13.7. The van der Waals surface area contributed by atoms with E-state index < -0.39 is 216 Å². The highest BCUT2D eigenvalue weighted by Gasteiger charge is 2.86. The Kier molecular flexibility index (Phi) is 23.9. The molecule has 1 unspecified atom stereocenters. The summed E-state index contributed by atoms with van der Waals surface area (Å²) in [5, 5.41) is 39.3. The van der Waals surface area contributed by atoms with E-state index in [9.17, 15) is 77.6 Å². The summed E-state index contributed by atoms with van der Waals surface area (Å²) in [6, 6.07) is 2.01. The number of carboxylic acids is 3. The van der Waals surface area contributed by atoms with Gasteiger partial charge in [-0.25, -0.2) is 14.8 Å². The number of carbonyl (C=O) groups is 12. The van der Waals surface area contributed by atoms with Crippen LogP contribution in [-0.2, 0) is 87.7 Å². The fraction of sp³-hybridized carbons (Fsp3) is 0.612. The van der Waals surface area contributed by atoms with E-state index in [1.54, 1.807) is 0 Å². The van der Waals surface area contributed by atoms with Crippen LogP contribution in [0.2, 0.25) is 0 Å². The number of nitrogens with one attached hydrogen (secondary N) is 5. The van der Waals surface area contributed by atoms with Gasteiger partial charge < -0.3 is 76.5 Å². The van der Waals surface area contributed by atoms with Gasteiger partial charge in [-0.2, -0.15) is 4.98 Å². The highest BCUT2D eigenvalue weighted by Crippen LogP contribution is 2.74. The Morgan fingerprint density at radius 2 is 1.61 bits per heavy atom. The first-order valence-corrected chi connectivity index (χ1v) is 34.5. The molecular formula is C67H87N11O22S. The van der Waals surface area contributed by atoms with Gasteiger partial charge in [0.2, 0.25) is 29.6 Å². The molecule has 34 heteroatoms. The highest BCUT2D eigenvalue weighted by molar-refractivity contribution is 8.00. The largest absolute Gasteiger partial charge is 0.481 e. The minimum absolute atomic E-state index is 0.0201.